The van der Waals surface area contributed by atoms with E-state index in [1.807, 2.05) is 0 Å². The Morgan fingerprint density at radius 1 is 1.33 bits per heavy atom. The van der Waals surface area contributed by atoms with Crippen LogP contribution in [0.4, 0.5) is 0 Å². The second kappa shape index (κ2) is 6.20. The average molecular weight is 343 g/mol. The first kappa shape index (κ1) is 15.1. The molecule has 2 aromatic heterocycles. The zero-order valence-electron chi connectivity index (χ0n) is 13.0. The summed E-state index contributed by atoms with van der Waals surface area (Å²) >= 11 is 4.95. The Morgan fingerprint density at radius 2 is 2.25 bits per heavy atom. The SMILES string of the molecule is O=C(NCc1nnc2n1CCCCC2)c1ccc2[nH]c(=S)oc2c1. The first-order chi connectivity index (χ1) is 11.7. The van der Waals surface area contributed by atoms with Crippen LogP contribution in [0, 0.1) is 4.84 Å². The van der Waals surface area contributed by atoms with Crippen molar-refractivity contribution in [2.45, 2.75) is 38.8 Å². The summed E-state index contributed by atoms with van der Waals surface area (Å²) in [5.74, 6) is 1.65. The number of amides is 1. The van der Waals surface area contributed by atoms with Crippen LogP contribution in [0.5, 0.6) is 0 Å². The van der Waals surface area contributed by atoms with E-state index in [1.54, 1.807) is 18.2 Å². The van der Waals surface area contributed by atoms with Gasteiger partial charge in [-0.25, -0.2) is 0 Å². The summed E-state index contributed by atoms with van der Waals surface area (Å²) in [6, 6.07) is 5.21. The second-order valence-corrected chi connectivity index (χ2v) is 6.27. The van der Waals surface area contributed by atoms with E-state index < -0.39 is 0 Å². The van der Waals surface area contributed by atoms with Gasteiger partial charge in [-0.15, -0.1) is 10.2 Å². The van der Waals surface area contributed by atoms with Gasteiger partial charge in [-0.3, -0.25) is 4.79 Å². The van der Waals surface area contributed by atoms with Crippen molar-refractivity contribution in [2.24, 2.45) is 0 Å². The Morgan fingerprint density at radius 3 is 3.17 bits per heavy atom. The van der Waals surface area contributed by atoms with Crippen LogP contribution in [0.2, 0.25) is 0 Å². The molecule has 4 rings (SSSR count). The van der Waals surface area contributed by atoms with E-state index in [0.29, 0.717) is 22.5 Å². The molecule has 0 unspecified atom stereocenters. The lowest BCUT2D eigenvalue weighted by molar-refractivity contribution is 0.0949. The quantitative estimate of drug-likeness (QED) is 0.714. The number of H-pyrrole nitrogens is 1. The van der Waals surface area contributed by atoms with Gasteiger partial charge in [-0.05, 0) is 43.3 Å². The molecule has 3 heterocycles. The number of hydrogen-bond donors (Lipinski definition) is 2. The van der Waals surface area contributed by atoms with Gasteiger partial charge in [0, 0.05) is 18.5 Å². The van der Waals surface area contributed by atoms with E-state index in [2.05, 4.69) is 25.1 Å². The van der Waals surface area contributed by atoms with Crippen molar-refractivity contribution >= 4 is 29.2 Å². The van der Waals surface area contributed by atoms with Crippen LogP contribution in [0.1, 0.15) is 41.3 Å². The van der Waals surface area contributed by atoms with E-state index in [1.165, 1.54) is 6.42 Å². The zero-order valence-corrected chi connectivity index (χ0v) is 13.9. The van der Waals surface area contributed by atoms with E-state index in [9.17, 15) is 4.79 Å². The summed E-state index contributed by atoms with van der Waals surface area (Å²) in [5.41, 5.74) is 1.87. The minimum Gasteiger partial charge on any atom is -0.429 e. The van der Waals surface area contributed by atoms with Crippen molar-refractivity contribution in [3.63, 3.8) is 0 Å². The maximum atomic E-state index is 12.4. The van der Waals surface area contributed by atoms with Gasteiger partial charge < -0.3 is 19.3 Å². The third-order valence-corrected chi connectivity index (χ3v) is 4.46. The monoisotopic (exact) mass is 343 g/mol. The molecule has 0 fully saturated rings. The molecule has 3 aromatic rings. The Bertz CT molecular complexity index is 955. The average Bonchev–Trinajstić information content (AvgIpc) is 3.05. The molecule has 7 nitrogen and oxygen atoms in total. The first-order valence-electron chi connectivity index (χ1n) is 8.03. The highest BCUT2D eigenvalue weighted by atomic mass is 32.1. The van der Waals surface area contributed by atoms with Crippen LogP contribution in [0.3, 0.4) is 0 Å². The summed E-state index contributed by atoms with van der Waals surface area (Å²) in [7, 11) is 0. The molecular weight excluding hydrogens is 326 g/mol. The summed E-state index contributed by atoms with van der Waals surface area (Å²) in [5, 5.41) is 11.4. The number of hydrogen-bond acceptors (Lipinski definition) is 5. The molecule has 0 bridgehead atoms. The number of rotatable bonds is 3. The number of oxazole rings is 1. The van der Waals surface area contributed by atoms with Gasteiger partial charge in [0.1, 0.15) is 5.82 Å². The number of aromatic nitrogens is 4. The molecule has 0 saturated carbocycles. The van der Waals surface area contributed by atoms with Crippen molar-refractivity contribution in [3.05, 3.63) is 40.2 Å². The van der Waals surface area contributed by atoms with Crippen LogP contribution in [0.25, 0.3) is 11.1 Å². The lowest BCUT2D eigenvalue weighted by atomic mass is 10.2. The normalized spacial score (nSPS) is 14.3. The summed E-state index contributed by atoms with van der Waals surface area (Å²) in [4.78, 5) is 15.6. The van der Waals surface area contributed by atoms with E-state index in [4.69, 9.17) is 16.6 Å². The lowest BCUT2D eigenvalue weighted by Gasteiger charge is -2.08. The number of fused-ring (bicyclic) bond motifs is 2. The third kappa shape index (κ3) is 2.84. The molecule has 2 N–H and O–H groups in total. The fourth-order valence-electron chi connectivity index (χ4n) is 3.02. The Kier molecular flexibility index (Phi) is 3.89. The standard InChI is InChI=1S/C16H17N5O2S/c22-15(10-5-6-11-12(8-10)23-16(24)18-11)17-9-14-20-19-13-4-2-1-3-7-21(13)14/h5-6,8H,1-4,7,9H2,(H,17,22)(H,18,24). The highest BCUT2D eigenvalue weighted by molar-refractivity contribution is 7.71. The van der Waals surface area contributed by atoms with Crippen molar-refractivity contribution < 1.29 is 9.21 Å². The predicted octanol–water partition coefficient (Wildman–Crippen LogP) is 2.74. The van der Waals surface area contributed by atoms with E-state index in [0.717, 1.165) is 43.0 Å². The Labute approximate surface area is 143 Å². The number of carbonyl (C=O) groups is 1. The highest BCUT2D eigenvalue weighted by Gasteiger charge is 2.16. The van der Waals surface area contributed by atoms with Crippen molar-refractivity contribution in [3.8, 4) is 0 Å². The molecule has 124 valence electrons. The number of aromatic amines is 1. The number of carbonyl (C=O) groups excluding carboxylic acids is 1. The smallest absolute Gasteiger partial charge is 0.266 e. The molecule has 0 spiro atoms. The summed E-state index contributed by atoms with van der Waals surface area (Å²) < 4.78 is 7.48. The Hall–Kier alpha value is -2.48. The van der Waals surface area contributed by atoms with Gasteiger partial charge in [0.2, 0.25) is 0 Å². The van der Waals surface area contributed by atoms with Crippen LogP contribution in [-0.4, -0.2) is 25.7 Å². The molecule has 8 heteroatoms. The van der Waals surface area contributed by atoms with Crippen molar-refractivity contribution in [1.29, 1.82) is 0 Å². The molecule has 0 saturated heterocycles. The van der Waals surface area contributed by atoms with Gasteiger partial charge in [-0.2, -0.15) is 0 Å². The third-order valence-electron chi connectivity index (χ3n) is 4.28. The molecule has 1 aliphatic rings. The number of benzene rings is 1. The molecular formula is C16H17N5O2S. The van der Waals surface area contributed by atoms with Gasteiger partial charge in [-0.1, -0.05) is 6.42 Å². The van der Waals surface area contributed by atoms with E-state index in [-0.39, 0.29) is 5.91 Å². The minimum absolute atomic E-state index is 0.176. The molecule has 0 atom stereocenters. The van der Waals surface area contributed by atoms with Gasteiger partial charge in [0.25, 0.3) is 10.7 Å². The molecule has 1 aliphatic heterocycles. The number of nitrogens with zero attached hydrogens (tertiary/aromatic N) is 3. The van der Waals surface area contributed by atoms with Gasteiger partial charge >= 0.3 is 0 Å². The fourth-order valence-corrected chi connectivity index (χ4v) is 3.22. The maximum absolute atomic E-state index is 12.4. The van der Waals surface area contributed by atoms with Crippen LogP contribution >= 0.6 is 12.2 Å². The molecule has 1 aromatic carbocycles. The molecule has 0 radical (unpaired) electrons. The number of aryl methyl sites for hydroxylation is 1. The van der Waals surface area contributed by atoms with Crippen molar-refractivity contribution in [1.82, 2.24) is 25.1 Å². The Balaban J connectivity index is 1.49. The maximum Gasteiger partial charge on any atom is 0.266 e. The lowest BCUT2D eigenvalue weighted by Crippen LogP contribution is -2.25. The highest BCUT2D eigenvalue weighted by Crippen LogP contribution is 2.16. The van der Waals surface area contributed by atoms with Crippen LogP contribution in [-0.2, 0) is 19.5 Å². The molecule has 24 heavy (non-hydrogen) atoms. The van der Waals surface area contributed by atoms with Crippen LogP contribution in [0.15, 0.2) is 22.6 Å². The van der Waals surface area contributed by atoms with Gasteiger partial charge in [0.15, 0.2) is 11.4 Å². The zero-order chi connectivity index (χ0) is 16.5. The van der Waals surface area contributed by atoms with Crippen molar-refractivity contribution in [2.75, 3.05) is 0 Å². The largest absolute Gasteiger partial charge is 0.429 e. The molecule has 0 aliphatic carbocycles. The summed E-state index contributed by atoms with van der Waals surface area (Å²) in [6.45, 7) is 1.28. The fraction of sp³-hybridized carbons (Fsp3) is 0.375. The number of nitrogens with one attached hydrogen (secondary N) is 2. The van der Waals surface area contributed by atoms with Crippen LogP contribution < -0.4 is 5.32 Å². The second-order valence-electron chi connectivity index (χ2n) is 5.90. The first-order valence-corrected chi connectivity index (χ1v) is 8.43. The topological polar surface area (TPSA) is 88.7 Å². The summed E-state index contributed by atoms with van der Waals surface area (Å²) in [6.07, 6.45) is 4.44. The molecule has 1 amide bonds. The minimum atomic E-state index is -0.176. The van der Waals surface area contributed by atoms with E-state index >= 15 is 0 Å². The predicted molar refractivity (Wildman–Crippen MR) is 90.1 cm³/mol. The van der Waals surface area contributed by atoms with Gasteiger partial charge in [0.05, 0.1) is 12.1 Å².